The predicted molar refractivity (Wildman–Crippen MR) is 66.1 cm³/mol. The molecule has 0 spiro atoms. The average molecular weight is 232 g/mol. The highest BCUT2D eigenvalue weighted by Crippen LogP contribution is 2.26. The summed E-state index contributed by atoms with van der Waals surface area (Å²) in [4.78, 5) is 0. The van der Waals surface area contributed by atoms with Crippen LogP contribution < -0.4 is 10.1 Å². The molecule has 1 N–H and O–H groups in total. The van der Waals surface area contributed by atoms with Gasteiger partial charge in [-0.05, 0) is 24.7 Å². The van der Waals surface area contributed by atoms with Gasteiger partial charge in [0.15, 0.2) is 0 Å². The molecule has 4 nitrogen and oxygen atoms in total. The summed E-state index contributed by atoms with van der Waals surface area (Å²) < 4.78 is 10.5. The zero-order valence-electron chi connectivity index (χ0n) is 10.1. The Kier molecular flexibility index (Phi) is 3.77. The topological polar surface area (TPSA) is 47.3 Å². The first-order chi connectivity index (χ1) is 8.35. The van der Waals surface area contributed by atoms with Gasteiger partial charge in [-0.15, -0.1) is 0 Å². The normalized spacial score (nSPS) is 10.5. The van der Waals surface area contributed by atoms with Crippen molar-refractivity contribution in [3.8, 4) is 16.9 Å². The predicted octanol–water partition coefficient (Wildman–Crippen LogP) is 2.11. The van der Waals surface area contributed by atoms with Gasteiger partial charge in [0.2, 0.25) is 0 Å². The first-order valence-electron chi connectivity index (χ1n) is 5.57. The molecular formula is C13H16N2O2. The van der Waals surface area contributed by atoms with Crippen LogP contribution in [0.5, 0.6) is 5.75 Å². The Hall–Kier alpha value is -1.81. The summed E-state index contributed by atoms with van der Waals surface area (Å²) in [7, 11) is 3.58. The summed E-state index contributed by atoms with van der Waals surface area (Å²) in [6, 6.07) is 7.89. The summed E-state index contributed by atoms with van der Waals surface area (Å²) in [5.41, 5.74) is 2.09. The van der Waals surface area contributed by atoms with Gasteiger partial charge in [-0.1, -0.05) is 17.3 Å². The van der Waals surface area contributed by atoms with E-state index in [2.05, 4.69) is 10.5 Å². The van der Waals surface area contributed by atoms with E-state index >= 15 is 0 Å². The zero-order valence-corrected chi connectivity index (χ0v) is 10.1. The number of aromatic nitrogens is 1. The van der Waals surface area contributed by atoms with Crippen molar-refractivity contribution in [2.24, 2.45) is 0 Å². The second kappa shape index (κ2) is 5.50. The maximum Gasteiger partial charge on any atom is 0.145 e. The number of methoxy groups -OCH3 is 1. The second-order valence-corrected chi connectivity index (χ2v) is 3.75. The van der Waals surface area contributed by atoms with Gasteiger partial charge in [0, 0.05) is 18.5 Å². The van der Waals surface area contributed by atoms with Crippen LogP contribution in [-0.2, 0) is 6.42 Å². The summed E-state index contributed by atoms with van der Waals surface area (Å²) in [6.45, 7) is 0.867. The van der Waals surface area contributed by atoms with Crippen molar-refractivity contribution in [1.82, 2.24) is 10.5 Å². The number of rotatable bonds is 5. The van der Waals surface area contributed by atoms with Gasteiger partial charge in [-0.3, -0.25) is 0 Å². The molecule has 0 saturated heterocycles. The third-order valence-corrected chi connectivity index (χ3v) is 2.63. The van der Waals surface area contributed by atoms with Crippen molar-refractivity contribution in [1.29, 1.82) is 0 Å². The van der Waals surface area contributed by atoms with Crippen LogP contribution in [0.4, 0.5) is 0 Å². The lowest BCUT2D eigenvalue weighted by molar-refractivity contribution is 0.382. The van der Waals surface area contributed by atoms with E-state index in [9.17, 15) is 0 Å². The van der Waals surface area contributed by atoms with E-state index in [1.54, 1.807) is 13.3 Å². The summed E-state index contributed by atoms with van der Waals surface area (Å²) in [6.07, 6.45) is 2.57. The second-order valence-electron chi connectivity index (χ2n) is 3.75. The van der Waals surface area contributed by atoms with Gasteiger partial charge in [0.1, 0.15) is 11.5 Å². The first-order valence-corrected chi connectivity index (χ1v) is 5.57. The molecule has 90 valence electrons. The van der Waals surface area contributed by atoms with Crippen molar-refractivity contribution in [3.63, 3.8) is 0 Å². The van der Waals surface area contributed by atoms with E-state index < -0.39 is 0 Å². The standard InChI is InChI=1S/C13H16N2O2/c1-14-7-6-13-12(9-15-17-13)10-4-3-5-11(8-10)16-2/h3-5,8-9,14H,6-7H2,1-2H3. The molecule has 0 unspecified atom stereocenters. The summed E-state index contributed by atoms with van der Waals surface area (Å²) in [5.74, 6) is 1.73. The van der Waals surface area contributed by atoms with Crippen LogP contribution >= 0.6 is 0 Å². The lowest BCUT2D eigenvalue weighted by Crippen LogP contribution is -2.10. The quantitative estimate of drug-likeness (QED) is 0.857. The van der Waals surface area contributed by atoms with Crippen molar-refractivity contribution < 1.29 is 9.26 Å². The number of nitrogens with zero attached hydrogens (tertiary/aromatic N) is 1. The first kappa shape index (κ1) is 11.7. The Bertz CT molecular complexity index is 480. The minimum absolute atomic E-state index is 0.822. The fourth-order valence-electron chi connectivity index (χ4n) is 1.71. The summed E-state index contributed by atoms with van der Waals surface area (Å²) in [5, 5.41) is 6.96. The fourth-order valence-corrected chi connectivity index (χ4v) is 1.71. The molecule has 2 rings (SSSR count). The van der Waals surface area contributed by atoms with Crippen LogP contribution in [0.3, 0.4) is 0 Å². The molecule has 0 fully saturated rings. The van der Waals surface area contributed by atoms with E-state index in [-0.39, 0.29) is 0 Å². The molecule has 0 amide bonds. The SMILES string of the molecule is CNCCc1oncc1-c1cccc(OC)c1. The van der Waals surface area contributed by atoms with Gasteiger partial charge in [-0.2, -0.15) is 0 Å². The Morgan fingerprint density at radius 1 is 1.41 bits per heavy atom. The van der Waals surface area contributed by atoms with Gasteiger partial charge in [0.25, 0.3) is 0 Å². The average Bonchev–Trinajstić information content (AvgIpc) is 2.84. The van der Waals surface area contributed by atoms with Crippen LogP contribution in [0.2, 0.25) is 0 Å². The van der Waals surface area contributed by atoms with Crippen LogP contribution in [0.15, 0.2) is 35.0 Å². The van der Waals surface area contributed by atoms with E-state index in [1.165, 1.54) is 0 Å². The van der Waals surface area contributed by atoms with Gasteiger partial charge in [0.05, 0.1) is 13.3 Å². The maximum atomic E-state index is 5.26. The number of ether oxygens (including phenoxy) is 1. The molecule has 17 heavy (non-hydrogen) atoms. The molecule has 0 aliphatic rings. The van der Waals surface area contributed by atoms with Crippen LogP contribution in [0.25, 0.3) is 11.1 Å². The van der Waals surface area contributed by atoms with Crippen molar-refractivity contribution in [2.45, 2.75) is 6.42 Å². The minimum Gasteiger partial charge on any atom is -0.497 e. The third-order valence-electron chi connectivity index (χ3n) is 2.63. The van der Waals surface area contributed by atoms with Crippen molar-refractivity contribution in [3.05, 3.63) is 36.2 Å². The summed E-state index contributed by atoms with van der Waals surface area (Å²) >= 11 is 0. The molecule has 0 aliphatic carbocycles. The van der Waals surface area contributed by atoms with E-state index in [4.69, 9.17) is 9.26 Å². The molecule has 4 heteroatoms. The number of hydrogen-bond acceptors (Lipinski definition) is 4. The molecule has 1 heterocycles. The van der Waals surface area contributed by atoms with Gasteiger partial charge >= 0.3 is 0 Å². The highest BCUT2D eigenvalue weighted by Gasteiger charge is 2.10. The van der Waals surface area contributed by atoms with E-state index in [0.717, 1.165) is 35.6 Å². The highest BCUT2D eigenvalue weighted by molar-refractivity contribution is 5.66. The zero-order chi connectivity index (χ0) is 12.1. The third kappa shape index (κ3) is 2.65. The Morgan fingerprint density at radius 2 is 2.29 bits per heavy atom. The largest absolute Gasteiger partial charge is 0.497 e. The van der Waals surface area contributed by atoms with Crippen LogP contribution in [0, 0.1) is 0 Å². The monoisotopic (exact) mass is 232 g/mol. The van der Waals surface area contributed by atoms with Gasteiger partial charge in [-0.25, -0.2) is 0 Å². The number of hydrogen-bond donors (Lipinski definition) is 1. The minimum atomic E-state index is 0.822. The molecule has 2 aromatic rings. The molecule has 0 aliphatic heterocycles. The molecule has 1 aromatic carbocycles. The molecule has 0 saturated carbocycles. The molecule has 0 bridgehead atoms. The molecule has 1 aromatic heterocycles. The molecular weight excluding hydrogens is 216 g/mol. The Balaban J connectivity index is 2.28. The van der Waals surface area contributed by atoms with Crippen molar-refractivity contribution in [2.75, 3.05) is 20.7 Å². The lowest BCUT2D eigenvalue weighted by atomic mass is 10.1. The molecule has 0 radical (unpaired) electrons. The molecule has 0 atom stereocenters. The Morgan fingerprint density at radius 3 is 3.06 bits per heavy atom. The van der Waals surface area contributed by atoms with Crippen molar-refractivity contribution >= 4 is 0 Å². The van der Waals surface area contributed by atoms with Gasteiger partial charge < -0.3 is 14.6 Å². The highest BCUT2D eigenvalue weighted by atomic mass is 16.5. The number of nitrogens with one attached hydrogen (secondary N) is 1. The Labute approximate surface area is 101 Å². The maximum absolute atomic E-state index is 5.26. The van der Waals surface area contributed by atoms with Crippen LogP contribution in [-0.4, -0.2) is 25.9 Å². The smallest absolute Gasteiger partial charge is 0.145 e. The van der Waals surface area contributed by atoms with Crippen LogP contribution in [0.1, 0.15) is 5.76 Å². The van der Waals surface area contributed by atoms with E-state index in [0.29, 0.717) is 0 Å². The number of likely N-dealkylation sites (N-methyl/N-ethyl adjacent to an activating group) is 1. The fraction of sp³-hybridized carbons (Fsp3) is 0.308. The van der Waals surface area contributed by atoms with E-state index in [1.807, 2.05) is 31.3 Å². The number of benzene rings is 1. The lowest BCUT2D eigenvalue weighted by Gasteiger charge is -2.04.